The maximum absolute atomic E-state index is 12.6. The third kappa shape index (κ3) is 2.43. The van der Waals surface area contributed by atoms with E-state index in [2.05, 4.69) is 5.32 Å². The van der Waals surface area contributed by atoms with Crippen LogP contribution >= 0.6 is 0 Å². The fourth-order valence-corrected chi connectivity index (χ4v) is 5.20. The van der Waals surface area contributed by atoms with Gasteiger partial charge in [0, 0.05) is 31.8 Å². The van der Waals surface area contributed by atoms with Crippen LogP contribution in [0, 0.1) is 0 Å². The summed E-state index contributed by atoms with van der Waals surface area (Å²) in [5, 5.41) is 3.20. The first-order valence-electron chi connectivity index (χ1n) is 6.99. The van der Waals surface area contributed by atoms with Gasteiger partial charge in [0.05, 0.1) is 11.9 Å². The zero-order valence-electron chi connectivity index (χ0n) is 10.7. The third-order valence-corrected chi connectivity index (χ3v) is 6.65. The molecule has 18 heavy (non-hydrogen) atoms. The standard InChI is InChI=1S/C12H22N2O3S/c15-18(16,12-2-1-7-17-9-12)14-6-5-10-3-4-11(8-14)13-10/h10-13H,1-9H2. The lowest BCUT2D eigenvalue weighted by Gasteiger charge is -2.30. The Morgan fingerprint density at radius 3 is 2.72 bits per heavy atom. The average Bonchev–Trinajstić information content (AvgIpc) is 2.69. The van der Waals surface area contributed by atoms with Gasteiger partial charge in [0.25, 0.3) is 0 Å². The van der Waals surface area contributed by atoms with E-state index >= 15 is 0 Å². The van der Waals surface area contributed by atoms with Gasteiger partial charge in [0.1, 0.15) is 0 Å². The number of hydrogen-bond donors (Lipinski definition) is 1. The van der Waals surface area contributed by atoms with Crippen molar-refractivity contribution in [2.45, 2.75) is 49.4 Å². The summed E-state index contributed by atoms with van der Waals surface area (Å²) in [7, 11) is -3.16. The van der Waals surface area contributed by atoms with Crippen molar-refractivity contribution in [2.24, 2.45) is 0 Å². The lowest BCUT2D eigenvalue weighted by atomic mass is 10.1. The summed E-state index contributed by atoms with van der Waals surface area (Å²) in [6.45, 7) is 2.40. The molecular weight excluding hydrogens is 252 g/mol. The topological polar surface area (TPSA) is 58.6 Å². The zero-order chi connectivity index (χ0) is 12.6. The smallest absolute Gasteiger partial charge is 0.219 e. The number of hydrogen-bond acceptors (Lipinski definition) is 4. The number of fused-ring (bicyclic) bond motifs is 2. The maximum atomic E-state index is 12.6. The molecule has 0 spiro atoms. The van der Waals surface area contributed by atoms with E-state index in [1.165, 1.54) is 6.42 Å². The SMILES string of the molecule is O=S(=O)(C1CCCOC1)N1CCC2CCC(C1)N2. The number of ether oxygens (including phenoxy) is 1. The third-order valence-electron chi connectivity index (χ3n) is 4.39. The van der Waals surface area contributed by atoms with Gasteiger partial charge in [-0.15, -0.1) is 0 Å². The molecule has 2 bridgehead atoms. The molecule has 3 fully saturated rings. The Balaban J connectivity index is 1.72. The lowest BCUT2D eigenvalue weighted by Crippen LogP contribution is -2.46. The molecule has 0 radical (unpaired) electrons. The second-order valence-corrected chi connectivity index (χ2v) is 7.88. The van der Waals surface area contributed by atoms with E-state index in [-0.39, 0.29) is 5.25 Å². The molecule has 3 saturated heterocycles. The quantitative estimate of drug-likeness (QED) is 0.788. The predicted octanol–water partition coefficient (Wildman–Crippen LogP) is 0.322. The first-order valence-corrected chi connectivity index (χ1v) is 8.49. The van der Waals surface area contributed by atoms with Gasteiger partial charge in [-0.05, 0) is 32.1 Å². The van der Waals surface area contributed by atoms with Gasteiger partial charge in [0.15, 0.2) is 0 Å². The summed E-state index contributed by atoms with van der Waals surface area (Å²) in [5.41, 5.74) is 0. The molecule has 0 amide bonds. The molecule has 5 nitrogen and oxygen atoms in total. The summed E-state index contributed by atoms with van der Waals surface area (Å²) in [4.78, 5) is 0. The van der Waals surface area contributed by atoms with Crippen LogP contribution in [-0.2, 0) is 14.8 Å². The van der Waals surface area contributed by atoms with Crippen LogP contribution in [0.2, 0.25) is 0 Å². The van der Waals surface area contributed by atoms with Crippen molar-refractivity contribution >= 4 is 10.0 Å². The number of nitrogens with zero attached hydrogens (tertiary/aromatic N) is 1. The molecule has 3 unspecified atom stereocenters. The van der Waals surface area contributed by atoms with E-state index in [1.807, 2.05) is 0 Å². The van der Waals surface area contributed by atoms with Crippen molar-refractivity contribution in [3.63, 3.8) is 0 Å². The van der Waals surface area contributed by atoms with Crippen molar-refractivity contribution in [3.8, 4) is 0 Å². The van der Waals surface area contributed by atoms with Crippen molar-refractivity contribution in [3.05, 3.63) is 0 Å². The van der Waals surface area contributed by atoms with Gasteiger partial charge >= 0.3 is 0 Å². The molecule has 6 heteroatoms. The largest absolute Gasteiger partial charge is 0.380 e. The van der Waals surface area contributed by atoms with Gasteiger partial charge in [-0.3, -0.25) is 0 Å². The summed E-state index contributed by atoms with van der Waals surface area (Å²) in [6, 6.07) is 0.884. The Morgan fingerprint density at radius 2 is 1.94 bits per heavy atom. The van der Waals surface area contributed by atoms with Crippen LogP contribution in [0.1, 0.15) is 32.1 Å². The minimum Gasteiger partial charge on any atom is -0.380 e. The molecule has 0 aromatic rings. The summed E-state index contributed by atoms with van der Waals surface area (Å²) in [5.74, 6) is 0. The van der Waals surface area contributed by atoms with E-state index < -0.39 is 10.0 Å². The summed E-state index contributed by atoms with van der Waals surface area (Å²) < 4.78 is 32.2. The highest BCUT2D eigenvalue weighted by atomic mass is 32.2. The molecule has 3 aliphatic heterocycles. The molecule has 0 saturated carbocycles. The van der Waals surface area contributed by atoms with Crippen molar-refractivity contribution in [1.82, 2.24) is 9.62 Å². The highest BCUT2D eigenvalue weighted by molar-refractivity contribution is 7.89. The van der Waals surface area contributed by atoms with Gasteiger partial charge in [-0.2, -0.15) is 4.31 Å². The van der Waals surface area contributed by atoms with Crippen LogP contribution in [0.5, 0.6) is 0 Å². The van der Waals surface area contributed by atoms with Gasteiger partial charge in [-0.25, -0.2) is 8.42 Å². The molecule has 104 valence electrons. The Bertz CT molecular complexity index is 392. The molecule has 3 heterocycles. The van der Waals surface area contributed by atoms with Crippen LogP contribution < -0.4 is 5.32 Å². The van der Waals surface area contributed by atoms with E-state index in [4.69, 9.17) is 4.74 Å². The molecule has 3 rings (SSSR count). The van der Waals surface area contributed by atoms with Crippen LogP contribution in [0.4, 0.5) is 0 Å². The fraction of sp³-hybridized carbons (Fsp3) is 1.00. The van der Waals surface area contributed by atoms with E-state index in [0.29, 0.717) is 38.4 Å². The van der Waals surface area contributed by atoms with Crippen LogP contribution in [0.3, 0.4) is 0 Å². The Morgan fingerprint density at radius 1 is 1.11 bits per heavy atom. The van der Waals surface area contributed by atoms with Gasteiger partial charge in [-0.1, -0.05) is 0 Å². The molecule has 3 atom stereocenters. The molecule has 0 aromatic heterocycles. The van der Waals surface area contributed by atoms with Crippen LogP contribution in [0.25, 0.3) is 0 Å². The first-order chi connectivity index (χ1) is 8.66. The summed E-state index contributed by atoms with van der Waals surface area (Å²) >= 11 is 0. The molecule has 0 aromatic carbocycles. The van der Waals surface area contributed by atoms with Crippen molar-refractivity contribution < 1.29 is 13.2 Å². The summed E-state index contributed by atoms with van der Waals surface area (Å²) in [6.07, 6.45) is 4.87. The van der Waals surface area contributed by atoms with Crippen LogP contribution in [-0.4, -0.2) is 56.4 Å². The van der Waals surface area contributed by atoms with Crippen molar-refractivity contribution in [1.29, 1.82) is 0 Å². The Kier molecular flexibility index (Phi) is 3.62. The Hall–Kier alpha value is -0.170. The minimum absolute atomic E-state index is 0.317. The number of nitrogens with one attached hydrogen (secondary N) is 1. The molecular formula is C12H22N2O3S. The van der Waals surface area contributed by atoms with E-state index in [9.17, 15) is 8.42 Å². The fourth-order valence-electron chi connectivity index (χ4n) is 3.30. The highest BCUT2D eigenvalue weighted by Crippen LogP contribution is 2.25. The lowest BCUT2D eigenvalue weighted by molar-refractivity contribution is 0.0974. The Labute approximate surface area is 109 Å². The molecule has 3 aliphatic rings. The molecule has 0 aliphatic carbocycles. The average molecular weight is 274 g/mol. The highest BCUT2D eigenvalue weighted by Gasteiger charge is 2.38. The van der Waals surface area contributed by atoms with Gasteiger partial charge < -0.3 is 10.1 Å². The second kappa shape index (κ2) is 5.07. The van der Waals surface area contributed by atoms with E-state index in [0.717, 1.165) is 25.7 Å². The van der Waals surface area contributed by atoms with E-state index in [1.54, 1.807) is 4.31 Å². The monoisotopic (exact) mass is 274 g/mol. The number of rotatable bonds is 2. The molecule has 1 N–H and O–H groups in total. The van der Waals surface area contributed by atoms with Gasteiger partial charge in [0.2, 0.25) is 10.0 Å². The second-order valence-electron chi connectivity index (χ2n) is 5.67. The number of sulfonamides is 1. The zero-order valence-corrected chi connectivity index (χ0v) is 11.5. The van der Waals surface area contributed by atoms with Crippen molar-refractivity contribution in [2.75, 3.05) is 26.3 Å². The van der Waals surface area contributed by atoms with Crippen LogP contribution in [0.15, 0.2) is 0 Å². The first kappa shape index (κ1) is 12.8. The predicted molar refractivity (Wildman–Crippen MR) is 68.9 cm³/mol. The normalized spacial score (nSPS) is 38.6. The minimum atomic E-state index is -3.16. The maximum Gasteiger partial charge on any atom is 0.219 e.